The summed E-state index contributed by atoms with van der Waals surface area (Å²) in [6.07, 6.45) is 1.73. The van der Waals surface area contributed by atoms with E-state index >= 15 is 0 Å². The van der Waals surface area contributed by atoms with Gasteiger partial charge in [-0.1, -0.05) is 18.2 Å². The fourth-order valence-corrected chi connectivity index (χ4v) is 4.77. The molecule has 6 nitrogen and oxygen atoms in total. The van der Waals surface area contributed by atoms with Gasteiger partial charge in [-0.2, -0.15) is 0 Å². The summed E-state index contributed by atoms with van der Waals surface area (Å²) >= 11 is 0. The van der Waals surface area contributed by atoms with E-state index in [1.807, 2.05) is 31.0 Å². The number of rotatable bonds is 4. The number of benzene rings is 1. The molecule has 1 unspecified atom stereocenters. The predicted molar refractivity (Wildman–Crippen MR) is 86.0 cm³/mol. The van der Waals surface area contributed by atoms with Crippen molar-refractivity contribution < 1.29 is 13.2 Å². The van der Waals surface area contributed by atoms with Gasteiger partial charge in [0.05, 0.1) is 23.8 Å². The Morgan fingerprint density at radius 2 is 2.09 bits per heavy atom. The Morgan fingerprint density at radius 1 is 1.35 bits per heavy atom. The van der Waals surface area contributed by atoms with Crippen molar-refractivity contribution in [2.75, 3.05) is 19.9 Å². The van der Waals surface area contributed by atoms with Gasteiger partial charge in [0.15, 0.2) is 9.84 Å². The molecule has 0 amide bonds. The molecule has 0 N–H and O–H groups in total. The third kappa shape index (κ3) is 2.94. The SMILES string of the molecule is COc1ncc(CN(C)C2CS(=O)(=O)c3ccccc32)c(C)n1. The van der Waals surface area contributed by atoms with Gasteiger partial charge in [0, 0.05) is 24.0 Å². The van der Waals surface area contributed by atoms with Gasteiger partial charge in [-0.15, -0.1) is 0 Å². The van der Waals surface area contributed by atoms with Crippen LogP contribution in [0.25, 0.3) is 0 Å². The molecule has 0 fully saturated rings. The summed E-state index contributed by atoms with van der Waals surface area (Å²) in [5, 5.41) is 0. The first kappa shape index (κ1) is 15.9. The molecule has 1 aliphatic heterocycles. The number of fused-ring (bicyclic) bond motifs is 1. The number of sulfone groups is 1. The summed E-state index contributed by atoms with van der Waals surface area (Å²) in [5.74, 6) is 0.110. The molecule has 0 radical (unpaired) electrons. The van der Waals surface area contributed by atoms with E-state index in [9.17, 15) is 8.42 Å². The van der Waals surface area contributed by atoms with Crippen LogP contribution in [0, 0.1) is 6.92 Å². The molecule has 122 valence electrons. The Bertz CT molecular complexity index is 836. The maximum Gasteiger partial charge on any atom is 0.316 e. The van der Waals surface area contributed by atoms with E-state index in [4.69, 9.17) is 4.74 Å². The molecule has 3 rings (SSSR count). The van der Waals surface area contributed by atoms with Gasteiger partial charge in [-0.05, 0) is 25.6 Å². The maximum atomic E-state index is 12.3. The van der Waals surface area contributed by atoms with Gasteiger partial charge in [-0.25, -0.2) is 18.4 Å². The summed E-state index contributed by atoms with van der Waals surface area (Å²) in [5.41, 5.74) is 2.65. The van der Waals surface area contributed by atoms with E-state index in [2.05, 4.69) is 9.97 Å². The van der Waals surface area contributed by atoms with Crippen molar-refractivity contribution in [2.24, 2.45) is 0 Å². The summed E-state index contributed by atoms with van der Waals surface area (Å²) in [6, 6.07) is 7.39. The molecule has 1 aliphatic rings. The van der Waals surface area contributed by atoms with Crippen molar-refractivity contribution in [3.8, 4) is 6.01 Å². The first-order valence-electron chi connectivity index (χ1n) is 7.31. The van der Waals surface area contributed by atoms with E-state index in [0.717, 1.165) is 16.8 Å². The lowest BCUT2D eigenvalue weighted by Gasteiger charge is -2.24. The molecular formula is C16H19N3O3S. The average Bonchev–Trinajstić information content (AvgIpc) is 2.81. The molecule has 0 saturated carbocycles. The molecule has 23 heavy (non-hydrogen) atoms. The van der Waals surface area contributed by atoms with E-state index in [1.165, 1.54) is 7.11 Å². The molecule has 1 aromatic carbocycles. The van der Waals surface area contributed by atoms with Gasteiger partial charge in [-0.3, -0.25) is 4.90 Å². The normalized spacial score (nSPS) is 18.9. The second-order valence-electron chi connectivity index (χ2n) is 5.72. The van der Waals surface area contributed by atoms with Gasteiger partial charge in [0.1, 0.15) is 0 Å². The lowest BCUT2D eigenvalue weighted by atomic mass is 10.1. The van der Waals surface area contributed by atoms with Crippen LogP contribution in [0.15, 0.2) is 35.4 Å². The molecular weight excluding hydrogens is 314 g/mol. The van der Waals surface area contributed by atoms with Crippen LogP contribution in [0.5, 0.6) is 6.01 Å². The van der Waals surface area contributed by atoms with Crippen molar-refractivity contribution >= 4 is 9.84 Å². The van der Waals surface area contributed by atoms with Crippen LogP contribution in [0.2, 0.25) is 0 Å². The number of nitrogens with zero attached hydrogens (tertiary/aromatic N) is 3. The van der Waals surface area contributed by atoms with Crippen LogP contribution in [0.1, 0.15) is 22.9 Å². The van der Waals surface area contributed by atoms with Gasteiger partial charge < -0.3 is 4.74 Å². The first-order chi connectivity index (χ1) is 10.9. The number of hydrogen-bond acceptors (Lipinski definition) is 6. The molecule has 0 bridgehead atoms. The summed E-state index contributed by atoms with van der Waals surface area (Å²) in [6.45, 7) is 2.47. The second-order valence-corrected chi connectivity index (χ2v) is 7.72. The smallest absolute Gasteiger partial charge is 0.316 e. The maximum absolute atomic E-state index is 12.3. The molecule has 7 heteroatoms. The van der Waals surface area contributed by atoms with Crippen LogP contribution in [-0.2, 0) is 16.4 Å². The third-order valence-corrected chi connectivity index (χ3v) is 5.98. The zero-order valence-electron chi connectivity index (χ0n) is 13.4. The Kier molecular flexibility index (Phi) is 4.08. The standard InChI is InChI=1S/C16H19N3O3S/c1-11-12(8-17-16(18-11)22-3)9-19(2)14-10-23(20,21)15-7-5-4-6-13(14)15/h4-8,14H,9-10H2,1-3H3. The Labute approximate surface area is 136 Å². The largest absolute Gasteiger partial charge is 0.467 e. The highest BCUT2D eigenvalue weighted by Crippen LogP contribution is 2.36. The molecule has 0 saturated heterocycles. The fraction of sp³-hybridized carbons (Fsp3) is 0.375. The second kappa shape index (κ2) is 5.90. The Morgan fingerprint density at radius 3 is 2.78 bits per heavy atom. The van der Waals surface area contributed by atoms with Crippen LogP contribution >= 0.6 is 0 Å². The number of aryl methyl sites for hydroxylation is 1. The summed E-state index contributed by atoms with van der Waals surface area (Å²) in [7, 11) is 0.245. The van der Waals surface area contributed by atoms with Crippen molar-refractivity contribution in [2.45, 2.75) is 24.4 Å². The minimum atomic E-state index is -3.21. The summed E-state index contributed by atoms with van der Waals surface area (Å²) < 4.78 is 29.6. The molecule has 0 aliphatic carbocycles. The number of aromatic nitrogens is 2. The monoisotopic (exact) mass is 333 g/mol. The highest BCUT2D eigenvalue weighted by molar-refractivity contribution is 7.91. The average molecular weight is 333 g/mol. The van der Waals surface area contributed by atoms with E-state index < -0.39 is 9.84 Å². The number of ether oxygens (including phenoxy) is 1. The lowest BCUT2D eigenvalue weighted by Crippen LogP contribution is -2.26. The molecule has 2 heterocycles. The third-order valence-electron chi connectivity index (χ3n) is 4.18. The predicted octanol–water partition coefficient (Wildman–Crippen LogP) is 1.75. The van der Waals surface area contributed by atoms with E-state index in [1.54, 1.807) is 18.3 Å². The minimum Gasteiger partial charge on any atom is -0.467 e. The number of hydrogen-bond donors (Lipinski definition) is 0. The van der Waals surface area contributed by atoms with Crippen LogP contribution in [0.3, 0.4) is 0 Å². The minimum absolute atomic E-state index is 0.110. The van der Waals surface area contributed by atoms with E-state index in [-0.39, 0.29) is 11.8 Å². The van der Waals surface area contributed by atoms with Crippen molar-refractivity contribution in [1.29, 1.82) is 0 Å². The quantitative estimate of drug-likeness (QED) is 0.849. The topological polar surface area (TPSA) is 72.4 Å². The van der Waals surface area contributed by atoms with Crippen molar-refractivity contribution in [3.05, 3.63) is 47.3 Å². The lowest BCUT2D eigenvalue weighted by molar-refractivity contribution is 0.255. The van der Waals surface area contributed by atoms with Crippen LogP contribution < -0.4 is 4.74 Å². The Hall–Kier alpha value is -1.99. The van der Waals surface area contributed by atoms with Crippen LogP contribution in [0.4, 0.5) is 0 Å². The van der Waals surface area contributed by atoms with Crippen molar-refractivity contribution in [3.63, 3.8) is 0 Å². The Balaban J connectivity index is 1.86. The molecule has 1 aromatic heterocycles. The molecule has 0 spiro atoms. The fourth-order valence-electron chi connectivity index (χ4n) is 2.89. The first-order valence-corrected chi connectivity index (χ1v) is 8.96. The van der Waals surface area contributed by atoms with E-state index in [0.29, 0.717) is 17.5 Å². The zero-order chi connectivity index (χ0) is 16.6. The summed E-state index contributed by atoms with van der Waals surface area (Å²) in [4.78, 5) is 10.9. The zero-order valence-corrected chi connectivity index (χ0v) is 14.2. The highest BCUT2D eigenvalue weighted by Gasteiger charge is 2.36. The number of methoxy groups -OCH3 is 1. The molecule has 2 aromatic rings. The van der Waals surface area contributed by atoms with Gasteiger partial charge in [0.25, 0.3) is 0 Å². The van der Waals surface area contributed by atoms with Gasteiger partial charge >= 0.3 is 6.01 Å². The van der Waals surface area contributed by atoms with Crippen LogP contribution in [-0.4, -0.2) is 43.2 Å². The molecule has 1 atom stereocenters. The highest BCUT2D eigenvalue weighted by atomic mass is 32.2. The van der Waals surface area contributed by atoms with Gasteiger partial charge in [0.2, 0.25) is 0 Å². The van der Waals surface area contributed by atoms with Crippen molar-refractivity contribution in [1.82, 2.24) is 14.9 Å².